The molecule has 0 bridgehead atoms. The second-order valence-corrected chi connectivity index (χ2v) is 7.86. The van der Waals surface area contributed by atoms with E-state index in [2.05, 4.69) is 5.32 Å². The molecule has 2 fully saturated rings. The third-order valence-electron chi connectivity index (χ3n) is 5.92. The number of hydrogen-bond acceptors (Lipinski definition) is 4. The first-order valence-corrected chi connectivity index (χ1v) is 10.5. The Morgan fingerprint density at radius 2 is 1.69 bits per heavy atom. The molecule has 2 aliphatic rings. The van der Waals surface area contributed by atoms with Gasteiger partial charge in [-0.2, -0.15) is 0 Å². The van der Waals surface area contributed by atoms with Crippen LogP contribution in [-0.4, -0.2) is 68.0 Å². The third kappa shape index (κ3) is 7.19. The standard InChI is InChI=1S/C22H33N3O3.ClH/c1-28-20-7-3-18(4-8-20)5-9-21(26)24-13-2-14-25(16-15-24)22(27)10-6-19-11-12-23-17-19;/h3-4,7-8,19,23H,2,5-6,9-17H2,1H3;1H. The maximum atomic E-state index is 12.6. The molecule has 162 valence electrons. The van der Waals surface area contributed by atoms with E-state index in [9.17, 15) is 9.59 Å². The average molecular weight is 424 g/mol. The van der Waals surface area contributed by atoms with Gasteiger partial charge < -0.3 is 19.9 Å². The topological polar surface area (TPSA) is 61.9 Å². The first kappa shape index (κ1) is 23.5. The van der Waals surface area contributed by atoms with Crippen LogP contribution in [0.5, 0.6) is 5.75 Å². The summed E-state index contributed by atoms with van der Waals surface area (Å²) < 4.78 is 5.17. The predicted octanol–water partition coefficient (Wildman–Crippen LogP) is 2.50. The van der Waals surface area contributed by atoms with Crippen LogP contribution in [0.2, 0.25) is 0 Å². The normalized spacial score (nSPS) is 19.4. The van der Waals surface area contributed by atoms with Gasteiger partial charge in [-0.3, -0.25) is 9.59 Å². The fraction of sp³-hybridized carbons (Fsp3) is 0.636. The molecule has 2 amide bonds. The lowest BCUT2D eigenvalue weighted by Gasteiger charge is -2.23. The van der Waals surface area contributed by atoms with E-state index in [1.165, 1.54) is 6.42 Å². The third-order valence-corrected chi connectivity index (χ3v) is 5.92. The highest BCUT2D eigenvalue weighted by Gasteiger charge is 2.23. The Bertz CT molecular complexity index is 647. The van der Waals surface area contributed by atoms with Crippen LogP contribution >= 0.6 is 12.4 Å². The summed E-state index contributed by atoms with van der Waals surface area (Å²) in [5.74, 6) is 1.91. The molecule has 1 aromatic rings. The van der Waals surface area contributed by atoms with Gasteiger partial charge in [0.2, 0.25) is 11.8 Å². The molecule has 0 radical (unpaired) electrons. The van der Waals surface area contributed by atoms with E-state index in [1.54, 1.807) is 7.11 Å². The van der Waals surface area contributed by atoms with Crippen molar-refractivity contribution in [2.45, 2.75) is 38.5 Å². The van der Waals surface area contributed by atoms with Crippen LogP contribution < -0.4 is 10.1 Å². The fourth-order valence-corrected chi connectivity index (χ4v) is 4.06. The largest absolute Gasteiger partial charge is 0.497 e. The Morgan fingerprint density at radius 1 is 1.03 bits per heavy atom. The highest BCUT2D eigenvalue weighted by molar-refractivity contribution is 5.85. The number of methoxy groups -OCH3 is 1. The highest BCUT2D eigenvalue weighted by atomic mass is 35.5. The first-order chi connectivity index (χ1) is 13.7. The second-order valence-electron chi connectivity index (χ2n) is 7.86. The maximum Gasteiger partial charge on any atom is 0.222 e. The summed E-state index contributed by atoms with van der Waals surface area (Å²) in [5, 5.41) is 3.36. The lowest BCUT2D eigenvalue weighted by atomic mass is 10.0. The summed E-state index contributed by atoms with van der Waals surface area (Å²) in [5.41, 5.74) is 1.14. The van der Waals surface area contributed by atoms with Gasteiger partial charge in [-0.05, 0) is 62.4 Å². The SMILES string of the molecule is COc1ccc(CCC(=O)N2CCCN(C(=O)CCC3CCNC3)CC2)cc1.Cl. The monoisotopic (exact) mass is 423 g/mol. The maximum absolute atomic E-state index is 12.6. The molecule has 1 atom stereocenters. The van der Waals surface area contributed by atoms with E-state index in [0.29, 0.717) is 31.8 Å². The van der Waals surface area contributed by atoms with Gasteiger partial charge in [0.1, 0.15) is 5.75 Å². The summed E-state index contributed by atoms with van der Waals surface area (Å²) in [7, 11) is 1.65. The minimum atomic E-state index is 0. The smallest absolute Gasteiger partial charge is 0.222 e. The van der Waals surface area contributed by atoms with Crippen molar-refractivity contribution in [1.29, 1.82) is 0 Å². The van der Waals surface area contributed by atoms with Gasteiger partial charge >= 0.3 is 0 Å². The molecule has 0 spiro atoms. The molecule has 0 aromatic heterocycles. The van der Waals surface area contributed by atoms with E-state index in [4.69, 9.17) is 4.74 Å². The molecular weight excluding hydrogens is 390 g/mol. The van der Waals surface area contributed by atoms with Gasteiger partial charge in [-0.1, -0.05) is 12.1 Å². The fourth-order valence-electron chi connectivity index (χ4n) is 4.06. The molecule has 0 aliphatic carbocycles. The molecule has 2 aliphatic heterocycles. The minimum absolute atomic E-state index is 0. The molecule has 1 N–H and O–H groups in total. The number of rotatable bonds is 7. The Morgan fingerprint density at radius 3 is 2.28 bits per heavy atom. The Labute approximate surface area is 180 Å². The lowest BCUT2D eigenvalue weighted by Crippen LogP contribution is -2.37. The summed E-state index contributed by atoms with van der Waals surface area (Å²) in [6.07, 6.45) is 4.91. The van der Waals surface area contributed by atoms with Crippen LogP contribution in [-0.2, 0) is 16.0 Å². The second kappa shape index (κ2) is 12.0. The van der Waals surface area contributed by atoms with E-state index in [0.717, 1.165) is 56.8 Å². The van der Waals surface area contributed by atoms with Crippen molar-refractivity contribution in [2.24, 2.45) is 5.92 Å². The van der Waals surface area contributed by atoms with Gasteiger partial charge in [0.15, 0.2) is 0 Å². The molecule has 7 heteroatoms. The van der Waals surface area contributed by atoms with Crippen LogP contribution in [0.15, 0.2) is 24.3 Å². The van der Waals surface area contributed by atoms with Gasteiger partial charge in [-0.15, -0.1) is 12.4 Å². The lowest BCUT2D eigenvalue weighted by molar-refractivity contribution is -0.133. The first-order valence-electron chi connectivity index (χ1n) is 10.5. The molecule has 29 heavy (non-hydrogen) atoms. The van der Waals surface area contributed by atoms with E-state index in [1.807, 2.05) is 34.1 Å². The summed E-state index contributed by atoms with van der Waals surface area (Å²) in [6.45, 7) is 4.95. The zero-order chi connectivity index (χ0) is 19.8. The van der Waals surface area contributed by atoms with Crippen molar-refractivity contribution in [2.75, 3.05) is 46.4 Å². The molecule has 1 aromatic carbocycles. The van der Waals surface area contributed by atoms with Gasteiger partial charge in [0, 0.05) is 39.0 Å². The van der Waals surface area contributed by atoms with Crippen molar-refractivity contribution in [3.8, 4) is 5.75 Å². The molecule has 1 unspecified atom stereocenters. The number of carbonyl (C=O) groups excluding carboxylic acids is 2. The Balaban J connectivity index is 0.00000300. The van der Waals surface area contributed by atoms with E-state index >= 15 is 0 Å². The number of carbonyl (C=O) groups is 2. The van der Waals surface area contributed by atoms with E-state index < -0.39 is 0 Å². The van der Waals surface area contributed by atoms with Crippen LogP contribution in [0.25, 0.3) is 0 Å². The van der Waals surface area contributed by atoms with Gasteiger partial charge in [-0.25, -0.2) is 0 Å². The molecule has 6 nitrogen and oxygen atoms in total. The van der Waals surface area contributed by atoms with Gasteiger partial charge in [0.05, 0.1) is 7.11 Å². The van der Waals surface area contributed by atoms with Crippen molar-refractivity contribution in [3.05, 3.63) is 29.8 Å². The molecule has 0 saturated carbocycles. The van der Waals surface area contributed by atoms with Crippen LogP contribution in [0.4, 0.5) is 0 Å². The number of nitrogens with one attached hydrogen (secondary N) is 1. The quantitative estimate of drug-likeness (QED) is 0.731. The molecule has 2 heterocycles. The van der Waals surface area contributed by atoms with Crippen LogP contribution in [0, 0.1) is 5.92 Å². The van der Waals surface area contributed by atoms with Crippen molar-refractivity contribution in [1.82, 2.24) is 15.1 Å². The van der Waals surface area contributed by atoms with Crippen LogP contribution in [0.1, 0.15) is 37.7 Å². The van der Waals surface area contributed by atoms with Crippen molar-refractivity contribution < 1.29 is 14.3 Å². The number of nitrogens with zero attached hydrogens (tertiary/aromatic N) is 2. The zero-order valence-corrected chi connectivity index (χ0v) is 18.2. The zero-order valence-electron chi connectivity index (χ0n) is 17.4. The summed E-state index contributed by atoms with van der Waals surface area (Å²) >= 11 is 0. The number of hydrogen-bond donors (Lipinski definition) is 1. The number of amides is 2. The number of benzene rings is 1. The Hall–Kier alpha value is -1.79. The number of halogens is 1. The predicted molar refractivity (Wildman–Crippen MR) is 117 cm³/mol. The molecule has 3 rings (SSSR count). The number of ether oxygens (including phenoxy) is 1. The van der Waals surface area contributed by atoms with Crippen molar-refractivity contribution in [3.63, 3.8) is 0 Å². The molecular formula is C22H34ClN3O3. The van der Waals surface area contributed by atoms with Gasteiger partial charge in [0.25, 0.3) is 0 Å². The average Bonchev–Trinajstić information content (AvgIpc) is 3.13. The van der Waals surface area contributed by atoms with Crippen LogP contribution in [0.3, 0.4) is 0 Å². The summed E-state index contributed by atoms with van der Waals surface area (Å²) in [4.78, 5) is 29.0. The molecule has 2 saturated heterocycles. The highest BCUT2D eigenvalue weighted by Crippen LogP contribution is 2.17. The minimum Gasteiger partial charge on any atom is -0.497 e. The van der Waals surface area contributed by atoms with Crippen molar-refractivity contribution >= 4 is 24.2 Å². The van der Waals surface area contributed by atoms with E-state index in [-0.39, 0.29) is 24.2 Å². The number of aryl methyl sites for hydroxylation is 1. The Kier molecular flexibility index (Phi) is 9.74. The summed E-state index contributed by atoms with van der Waals surface area (Å²) in [6, 6.07) is 7.87.